The SMILES string of the molecule is O=C(Cn1[nH]c(=O)c2ccccc2c1=O)Nc1nncs1. The van der Waals surface area contributed by atoms with Crippen molar-refractivity contribution in [3.05, 3.63) is 50.5 Å². The van der Waals surface area contributed by atoms with Crippen molar-refractivity contribution in [3.8, 4) is 0 Å². The summed E-state index contributed by atoms with van der Waals surface area (Å²) in [5, 5.41) is 13.0. The van der Waals surface area contributed by atoms with Gasteiger partial charge in [0, 0.05) is 0 Å². The number of nitrogens with zero attached hydrogens (tertiary/aromatic N) is 3. The fourth-order valence-corrected chi connectivity index (χ4v) is 2.35. The standard InChI is InChI=1S/C12H9N5O3S/c18-9(14-12-15-13-6-21-12)5-17-11(20)8-4-2-1-3-7(8)10(19)16-17/h1-4,6H,5H2,(H,16,19)(H,14,15,18). The van der Waals surface area contributed by atoms with Crippen molar-refractivity contribution in [1.82, 2.24) is 20.0 Å². The van der Waals surface area contributed by atoms with Gasteiger partial charge >= 0.3 is 0 Å². The monoisotopic (exact) mass is 303 g/mol. The normalized spacial score (nSPS) is 10.7. The maximum absolute atomic E-state index is 12.2. The molecule has 1 amide bonds. The topological polar surface area (TPSA) is 110 Å². The number of aromatic nitrogens is 4. The first-order valence-electron chi connectivity index (χ1n) is 5.93. The lowest BCUT2D eigenvalue weighted by Crippen LogP contribution is -2.34. The van der Waals surface area contributed by atoms with E-state index in [1.54, 1.807) is 24.3 Å². The minimum absolute atomic E-state index is 0.268. The summed E-state index contributed by atoms with van der Waals surface area (Å²) in [5.74, 6) is -0.472. The van der Waals surface area contributed by atoms with Crippen LogP contribution in [0.5, 0.6) is 0 Å². The highest BCUT2D eigenvalue weighted by molar-refractivity contribution is 7.13. The van der Waals surface area contributed by atoms with Crippen molar-refractivity contribution in [3.63, 3.8) is 0 Å². The third-order valence-electron chi connectivity index (χ3n) is 2.79. The number of carbonyl (C=O) groups excluding carboxylic acids is 1. The Morgan fingerprint density at radius 2 is 2.05 bits per heavy atom. The number of amides is 1. The molecule has 2 N–H and O–H groups in total. The predicted octanol–water partition coefficient (Wildman–Crippen LogP) is 0.180. The molecule has 106 valence electrons. The van der Waals surface area contributed by atoms with Crippen LogP contribution in [-0.2, 0) is 11.3 Å². The molecule has 0 radical (unpaired) electrons. The number of aromatic amines is 1. The number of carbonyl (C=O) groups is 1. The second-order valence-corrected chi connectivity index (χ2v) is 5.00. The van der Waals surface area contributed by atoms with E-state index < -0.39 is 17.0 Å². The fraction of sp³-hybridized carbons (Fsp3) is 0.0833. The molecule has 0 saturated carbocycles. The maximum atomic E-state index is 12.2. The van der Waals surface area contributed by atoms with Gasteiger partial charge in [-0.05, 0) is 12.1 Å². The van der Waals surface area contributed by atoms with Crippen molar-refractivity contribution in [2.75, 3.05) is 5.32 Å². The lowest BCUT2D eigenvalue weighted by atomic mass is 10.2. The van der Waals surface area contributed by atoms with Crippen LogP contribution < -0.4 is 16.4 Å². The quantitative estimate of drug-likeness (QED) is 0.717. The van der Waals surface area contributed by atoms with Crippen LogP contribution in [0.2, 0.25) is 0 Å². The summed E-state index contributed by atoms with van der Waals surface area (Å²) in [7, 11) is 0. The number of benzene rings is 1. The van der Waals surface area contributed by atoms with E-state index in [0.29, 0.717) is 10.5 Å². The van der Waals surface area contributed by atoms with E-state index in [0.717, 1.165) is 16.0 Å². The van der Waals surface area contributed by atoms with Crippen molar-refractivity contribution in [2.45, 2.75) is 6.54 Å². The smallest absolute Gasteiger partial charge is 0.273 e. The molecule has 0 unspecified atom stereocenters. The van der Waals surface area contributed by atoms with E-state index in [4.69, 9.17) is 0 Å². The Hall–Kier alpha value is -2.81. The van der Waals surface area contributed by atoms with E-state index in [1.807, 2.05) is 0 Å². The maximum Gasteiger partial charge on any atom is 0.273 e. The van der Waals surface area contributed by atoms with Crippen molar-refractivity contribution >= 4 is 33.1 Å². The predicted molar refractivity (Wildman–Crippen MR) is 77.4 cm³/mol. The molecule has 2 heterocycles. The molecule has 0 aliphatic heterocycles. The number of hydrogen-bond donors (Lipinski definition) is 2. The van der Waals surface area contributed by atoms with Gasteiger partial charge < -0.3 is 0 Å². The zero-order valence-corrected chi connectivity index (χ0v) is 11.4. The van der Waals surface area contributed by atoms with Gasteiger partial charge in [0.1, 0.15) is 12.1 Å². The number of rotatable bonds is 3. The van der Waals surface area contributed by atoms with Gasteiger partial charge in [0.25, 0.3) is 11.1 Å². The fourth-order valence-electron chi connectivity index (χ4n) is 1.89. The third kappa shape index (κ3) is 2.58. The molecular formula is C12H9N5O3S. The molecule has 0 aliphatic carbocycles. The zero-order valence-electron chi connectivity index (χ0n) is 10.6. The minimum Gasteiger partial charge on any atom is -0.299 e. The van der Waals surface area contributed by atoms with E-state index in [9.17, 15) is 14.4 Å². The molecule has 0 bridgehead atoms. The summed E-state index contributed by atoms with van der Waals surface area (Å²) >= 11 is 1.16. The molecule has 0 saturated heterocycles. The average Bonchev–Trinajstić information content (AvgIpc) is 2.97. The van der Waals surface area contributed by atoms with Gasteiger partial charge in [0.2, 0.25) is 11.0 Å². The molecule has 21 heavy (non-hydrogen) atoms. The highest BCUT2D eigenvalue weighted by atomic mass is 32.1. The van der Waals surface area contributed by atoms with Crippen molar-refractivity contribution in [1.29, 1.82) is 0 Å². The van der Waals surface area contributed by atoms with Crippen LogP contribution in [0.4, 0.5) is 5.13 Å². The van der Waals surface area contributed by atoms with E-state index in [-0.39, 0.29) is 11.9 Å². The highest BCUT2D eigenvalue weighted by Crippen LogP contribution is 2.07. The van der Waals surface area contributed by atoms with Gasteiger partial charge in [-0.3, -0.25) is 24.8 Å². The molecule has 3 aromatic rings. The number of H-pyrrole nitrogens is 1. The molecule has 2 aromatic heterocycles. The lowest BCUT2D eigenvalue weighted by molar-refractivity contribution is -0.117. The molecule has 1 aromatic carbocycles. The first-order valence-corrected chi connectivity index (χ1v) is 6.81. The zero-order chi connectivity index (χ0) is 14.8. The molecule has 3 rings (SSSR count). The van der Waals surface area contributed by atoms with Crippen molar-refractivity contribution in [2.24, 2.45) is 0 Å². The van der Waals surface area contributed by atoms with E-state index in [2.05, 4.69) is 20.6 Å². The minimum atomic E-state index is -0.472. The second kappa shape index (κ2) is 5.29. The van der Waals surface area contributed by atoms with Crippen LogP contribution in [0.3, 0.4) is 0 Å². The van der Waals surface area contributed by atoms with Gasteiger partial charge in [0.15, 0.2) is 0 Å². The first kappa shape index (κ1) is 13.2. The molecule has 0 aliphatic rings. The number of hydrogen-bond acceptors (Lipinski definition) is 6. The van der Waals surface area contributed by atoms with Crippen LogP contribution in [0.25, 0.3) is 10.8 Å². The van der Waals surface area contributed by atoms with Gasteiger partial charge in [-0.1, -0.05) is 23.5 Å². The van der Waals surface area contributed by atoms with Crippen LogP contribution >= 0.6 is 11.3 Å². The lowest BCUT2D eigenvalue weighted by Gasteiger charge is -2.06. The molecule has 0 spiro atoms. The Morgan fingerprint density at radius 3 is 2.76 bits per heavy atom. The average molecular weight is 303 g/mol. The van der Waals surface area contributed by atoms with E-state index in [1.165, 1.54) is 5.51 Å². The molecule has 8 nitrogen and oxygen atoms in total. The molecule has 0 fully saturated rings. The van der Waals surface area contributed by atoms with Crippen LogP contribution in [0.1, 0.15) is 0 Å². The van der Waals surface area contributed by atoms with Crippen LogP contribution in [-0.4, -0.2) is 25.9 Å². The molecule has 9 heteroatoms. The largest absolute Gasteiger partial charge is 0.299 e. The van der Waals surface area contributed by atoms with E-state index >= 15 is 0 Å². The third-order valence-corrected chi connectivity index (χ3v) is 3.40. The van der Waals surface area contributed by atoms with Crippen LogP contribution in [0.15, 0.2) is 39.4 Å². The summed E-state index contributed by atoms with van der Waals surface area (Å²) in [6, 6.07) is 6.44. The summed E-state index contributed by atoms with van der Waals surface area (Å²) in [5.41, 5.74) is 0.617. The summed E-state index contributed by atoms with van der Waals surface area (Å²) < 4.78 is 0.973. The van der Waals surface area contributed by atoms with Gasteiger partial charge in [-0.15, -0.1) is 10.2 Å². The Bertz CT molecular complexity index is 913. The number of fused-ring (bicyclic) bond motifs is 1. The first-order chi connectivity index (χ1) is 10.1. The highest BCUT2D eigenvalue weighted by Gasteiger charge is 2.11. The summed E-state index contributed by atoms with van der Waals surface area (Å²) in [4.78, 5) is 35.9. The Morgan fingerprint density at radius 1 is 1.29 bits per heavy atom. The molecule has 0 atom stereocenters. The van der Waals surface area contributed by atoms with Gasteiger partial charge in [0.05, 0.1) is 10.8 Å². The Balaban J connectivity index is 1.94. The number of anilines is 1. The Labute approximate surface area is 121 Å². The molecular weight excluding hydrogens is 294 g/mol. The summed E-state index contributed by atoms with van der Waals surface area (Å²) in [6.07, 6.45) is 0. The number of nitrogens with one attached hydrogen (secondary N) is 2. The summed E-state index contributed by atoms with van der Waals surface area (Å²) in [6.45, 7) is -0.307. The van der Waals surface area contributed by atoms with Gasteiger partial charge in [-0.2, -0.15) is 0 Å². The van der Waals surface area contributed by atoms with Crippen LogP contribution in [0, 0.1) is 0 Å². The Kier molecular flexibility index (Phi) is 3.32. The van der Waals surface area contributed by atoms with Gasteiger partial charge in [-0.25, -0.2) is 4.68 Å². The second-order valence-electron chi connectivity index (χ2n) is 4.17. The van der Waals surface area contributed by atoms with Crippen molar-refractivity contribution < 1.29 is 4.79 Å².